The number of nitrogens with one attached hydrogen (secondary N) is 3. The van der Waals surface area contributed by atoms with Crippen LogP contribution in [-0.4, -0.2) is 54.7 Å². The Bertz CT molecular complexity index is 1050. The second kappa shape index (κ2) is 13.7. The van der Waals surface area contributed by atoms with Gasteiger partial charge in [0.15, 0.2) is 5.96 Å². The lowest BCUT2D eigenvalue weighted by atomic mass is 10.2. The van der Waals surface area contributed by atoms with E-state index < -0.39 is 0 Å². The Balaban J connectivity index is 0.00000385. The summed E-state index contributed by atoms with van der Waals surface area (Å²) < 4.78 is 7.35. The fourth-order valence-corrected chi connectivity index (χ4v) is 3.44. The van der Waals surface area contributed by atoms with Gasteiger partial charge in [-0.15, -0.1) is 24.0 Å². The first-order valence-corrected chi connectivity index (χ1v) is 11.0. The third-order valence-corrected chi connectivity index (χ3v) is 5.05. The van der Waals surface area contributed by atoms with E-state index in [4.69, 9.17) is 4.74 Å². The van der Waals surface area contributed by atoms with Crippen molar-refractivity contribution in [2.75, 3.05) is 33.3 Å². The van der Waals surface area contributed by atoms with Gasteiger partial charge in [0.2, 0.25) is 0 Å². The van der Waals surface area contributed by atoms with E-state index in [2.05, 4.69) is 36.6 Å². The number of fused-ring (bicyclic) bond motifs is 1. The van der Waals surface area contributed by atoms with Crippen LogP contribution in [0.3, 0.4) is 0 Å². The monoisotopic (exact) mass is 564 g/mol. The van der Waals surface area contributed by atoms with E-state index in [1.165, 1.54) is 0 Å². The number of hydrogen-bond donors (Lipinski definition) is 3. The van der Waals surface area contributed by atoms with Gasteiger partial charge in [-0.3, -0.25) is 9.79 Å². The number of halogens is 1. The van der Waals surface area contributed by atoms with Gasteiger partial charge < -0.3 is 25.3 Å². The van der Waals surface area contributed by atoms with Gasteiger partial charge in [0.05, 0.1) is 18.1 Å². The number of guanidine groups is 1. The summed E-state index contributed by atoms with van der Waals surface area (Å²) in [5.74, 6) is 2.39. The Morgan fingerprint density at radius 2 is 1.79 bits per heavy atom. The number of amides is 1. The standard InChI is InChI=1S/C24H32N6O2.HI/c1-4-25-24(28-16-15-26-23(31)19-10-12-20(32-3)13-11-19)27-14-7-17-30-18(2)29-21-8-5-6-9-22(21)30;/h5-6,8-13H,4,7,14-17H2,1-3H3,(H,26,31)(H2,25,27,28);1H. The third-order valence-electron chi connectivity index (χ3n) is 5.05. The van der Waals surface area contributed by atoms with Crippen molar-refractivity contribution in [2.45, 2.75) is 26.8 Å². The van der Waals surface area contributed by atoms with Crippen molar-refractivity contribution in [3.8, 4) is 5.75 Å². The van der Waals surface area contributed by atoms with Gasteiger partial charge in [0, 0.05) is 38.3 Å². The molecule has 0 atom stereocenters. The van der Waals surface area contributed by atoms with Crippen LogP contribution in [-0.2, 0) is 6.54 Å². The summed E-state index contributed by atoms with van der Waals surface area (Å²) in [6.07, 6.45) is 0.909. The number of hydrogen-bond acceptors (Lipinski definition) is 4. The van der Waals surface area contributed by atoms with Gasteiger partial charge in [-0.1, -0.05) is 12.1 Å². The molecule has 1 aromatic heterocycles. The quantitative estimate of drug-likeness (QED) is 0.152. The number of nitrogens with zero attached hydrogens (tertiary/aromatic N) is 3. The summed E-state index contributed by atoms with van der Waals surface area (Å²) in [4.78, 5) is 21.5. The highest BCUT2D eigenvalue weighted by Gasteiger charge is 2.07. The maximum absolute atomic E-state index is 12.2. The Morgan fingerprint density at radius 1 is 1.06 bits per heavy atom. The van der Waals surface area contributed by atoms with Crippen molar-refractivity contribution in [1.29, 1.82) is 0 Å². The minimum atomic E-state index is -0.112. The molecule has 0 spiro atoms. The van der Waals surface area contributed by atoms with Gasteiger partial charge >= 0.3 is 0 Å². The number of carbonyl (C=O) groups excluding carboxylic acids is 1. The van der Waals surface area contributed by atoms with Crippen LogP contribution in [0.2, 0.25) is 0 Å². The molecule has 1 heterocycles. The zero-order valence-corrected chi connectivity index (χ0v) is 21.8. The molecule has 0 aliphatic rings. The number of ether oxygens (including phenoxy) is 1. The third kappa shape index (κ3) is 7.62. The first kappa shape index (κ1) is 26.4. The molecule has 178 valence electrons. The predicted octanol–water partition coefficient (Wildman–Crippen LogP) is 3.35. The van der Waals surface area contributed by atoms with E-state index in [-0.39, 0.29) is 29.9 Å². The van der Waals surface area contributed by atoms with E-state index in [0.29, 0.717) is 25.2 Å². The van der Waals surface area contributed by atoms with E-state index in [1.807, 2.05) is 32.0 Å². The number of rotatable bonds is 10. The van der Waals surface area contributed by atoms with Crippen LogP contribution in [0.5, 0.6) is 5.75 Å². The van der Waals surface area contributed by atoms with Crippen molar-refractivity contribution < 1.29 is 9.53 Å². The van der Waals surface area contributed by atoms with Gasteiger partial charge in [-0.2, -0.15) is 0 Å². The zero-order valence-electron chi connectivity index (χ0n) is 19.4. The molecule has 0 bridgehead atoms. The van der Waals surface area contributed by atoms with Gasteiger partial charge in [-0.05, 0) is 56.7 Å². The van der Waals surface area contributed by atoms with Crippen molar-refractivity contribution in [1.82, 2.24) is 25.5 Å². The average Bonchev–Trinajstić information content (AvgIpc) is 3.14. The smallest absolute Gasteiger partial charge is 0.251 e. The first-order valence-electron chi connectivity index (χ1n) is 11.0. The molecule has 8 nitrogen and oxygen atoms in total. The molecule has 0 fully saturated rings. The molecule has 0 aliphatic carbocycles. The topological polar surface area (TPSA) is 92.6 Å². The van der Waals surface area contributed by atoms with Gasteiger partial charge in [-0.25, -0.2) is 4.98 Å². The number of methoxy groups -OCH3 is 1. The fourth-order valence-electron chi connectivity index (χ4n) is 3.44. The molecule has 3 N–H and O–H groups in total. The van der Waals surface area contributed by atoms with Crippen molar-refractivity contribution in [3.63, 3.8) is 0 Å². The van der Waals surface area contributed by atoms with E-state index in [9.17, 15) is 4.79 Å². The van der Waals surface area contributed by atoms with Crippen LogP contribution < -0.4 is 20.7 Å². The van der Waals surface area contributed by atoms with Gasteiger partial charge in [0.25, 0.3) is 5.91 Å². The lowest BCUT2D eigenvalue weighted by Gasteiger charge is -2.12. The maximum Gasteiger partial charge on any atom is 0.251 e. The van der Waals surface area contributed by atoms with Crippen LogP contribution in [0.1, 0.15) is 29.5 Å². The molecule has 0 saturated carbocycles. The predicted molar refractivity (Wildman–Crippen MR) is 144 cm³/mol. The molecule has 3 rings (SSSR count). The van der Waals surface area contributed by atoms with Crippen LogP contribution in [0.15, 0.2) is 53.5 Å². The Labute approximate surface area is 212 Å². The number of imidazole rings is 1. The summed E-state index contributed by atoms with van der Waals surface area (Å²) in [6, 6.07) is 15.2. The molecule has 2 aromatic carbocycles. The highest BCUT2D eigenvalue weighted by atomic mass is 127. The van der Waals surface area contributed by atoms with Crippen LogP contribution in [0.25, 0.3) is 11.0 Å². The summed E-state index contributed by atoms with van der Waals surface area (Å²) in [5.41, 5.74) is 2.79. The number of aliphatic imine (C=N–C) groups is 1. The Kier molecular flexibility index (Phi) is 10.9. The maximum atomic E-state index is 12.2. The largest absolute Gasteiger partial charge is 0.497 e. The summed E-state index contributed by atoms with van der Waals surface area (Å²) in [5, 5.41) is 9.42. The molecular formula is C24H33IN6O2. The fraction of sp³-hybridized carbons (Fsp3) is 0.375. The molecule has 0 saturated heterocycles. The highest BCUT2D eigenvalue weighted by Crippen LogP contribution is 2.15. The second-order valence-electron chi connectivity index (χ2n) is 7.32. The Morgan fingerprint density at radius 3 is 2.52 bits per heavy atom. The number of carbonyl (C=O) groups is 1. The number of aryl methyl sites for hydroxylation is 2. The van der Waals surface area contributed by atoms with Crippen LogP contribution in [0.4, 0.5) is 0 Å². The van der Waals surface area contributed by atoms with Gasteiger partial charge in [0.1, 0.15) is 11.6 Å². The summed E-state index contributed by atoms with van der Waals surface area (Å²) >= 11 is 0. The normalized spacial score (nSPS) is 11.1. The highest BCUT2D eigenvalue weighted by molar-refractivity contribution is 14.0. The lowest BCUT2D eigenvalue weighted by Crippen LogP contribution is -2.41. The number of benzene rings is 2. The molecule has 0 unspecified atom stereocenters. The molecule has 0 radical (unpaired) electrons. The van der Waals surface area contributed by atoms with Crippen molar-refractivity contribution >= 4 is 46.9 Å². The molecule has 33 heavy (non-hydrogen) atoms. The molecule has 3 aromatic rings. The summed E-state index contributed by atoms with van der Waals surface area (Å²) in [7, 11) is 1.60. The van der Waals surface area contributed by atoms with Crippen LogP contribution >= 0.6 is 24.0 Å². The SMILES string of the molecule is CCNC(=NCCCn1c(C)nc2ccccc21)NCCNC(=O)c1ccc(OC)cc1.I. The van der Waals surface area contributed by atoms with E-state index in [0.717, 1.165) is 48.1 Å². The molecule has 9 heteroatoms. The van der Waals surface area contributed by atoms with Crippen LogP contribution in [0, 0.1) is 6.92 Å². The molecular weight excluding hydrogens is 531 g/mol. The second-order valence-corrected chi connectivity index (χ2v) is 7.32. The number of aromatic nitrogens is 2. The average molecular weight is 564 g/mol. The minimum Gasteiger partial charge on any atom is -0.497 e. The zero-order chi connectivity index (χ0) is 22.8. The number of para-hydroxylation sites is 2. The lowest BCUT2D eigenvalue weighted by molar-refractivity contribution is 0.0954. The molecule has 0 aliphatic heterocycles. The van der Waals surface area contributed by atoms with Crippen molar-refractivity contribution in [2.24, 2.45) is 4.99 Å². The summed E-state index contributed by atoms with van der Waals surface area (Å²) in [6.45, 7) is 7.48. The van der Waals surface area contributed by atoms with E-state index in [1.54, 1.807) is 31.4 Å². The van der Waals surface area contributed by atoms with E-state index >= 15 is 0 Å². The molecule has 1 amide bonds. The van der Waals surface area contributed by atoms with Crippen molar-refractivity contribution in [3.05, 3.63) is 59.9 Å². The first-order chi connectivity index (χ1) is 15.6. The Hall–Kier alpha value is -2.82. The minimum absolute atomic E-state index is 0.